The average Bonchev–Trinajstić information content (AvgIpc) is 3.06. The summed E-state index contributed by atoms with van der Waals surface area (Å²) in [5.41, 5.74) is 2.77. The van der Waals surface area contributed by atoms with E-state index < -0.39 is 0 Å². The first-order valence-corrected chi connectivity index (χ1v) is 5.86. The van der Waals surface area contributed by atoms with Crippen LogP contribution in [0.5, 0.6) is 0 Å². The van der Waals surface area contributed by atoms with Crippen LogP contribution in [0.25, 0.3) is 0 Å². The molecule has 98 valence electrons. The molecular weight excluding hydrogens is 260 g/mol. The van der Waals surface area contributed by atoms with Crippen molar-refractivity contribution in [1.29, 1.82) is 0 Å². The first-order valence-electron chi connectivity index (χ1n) is 5.86. The molecule has 0 aromatic heterocycles. The minimum absolute atomic E-state index is 0. The Bertz CT molecular complexity index is 460. The third kappa shape index (κ3) is 5.18. The maximum atomic E-state index is 2.16. The molecule has 0 aliphatic rings. The van der Waals surface area contributed by atoms with Crippen molar-refractivity contribution in [1.82, 2.24) is 0 Å². The molecule has 0 bridgehead atoms. The summed E-state index contributed by atoms with van der Waals surface area (Å²) in [6, 6.07) is 29.0. The normalized spacial score (nSPS) is 8.89. The van der Waals surface area contributed by atoms with E-state index in [-0.39, 0.29) is 17.1 Å². The van der Waals surface area contributed by atoms with Gasteiger partial charge in [0.05, 0.1) is 0 Å². The molecule has 1 heteroatoms. The molecule has 0 spiro atoms. The van der Waals surface area contributed by atoms with Crippen molar-refractivity contribution >= 4 is 0 Å². The Morgan fingerprint density at radius 1 is 0.722 bits per heavy atom. The Morgan fingerprint density at radius 2 is 1.22 bits per heavy atom. The van der Waals surface area contributed by atoms with E-state index in [0.717, 1.165) is 6.42 Å². The molecule has 0 aliphatic heterocycles. The Kier molecular flexibility index (Phi) is 6.86. The van der Waals surface area contributed by atoms with E-state index in [9.17, 15) is 0 Å². The maximum absolute atomic E-state index is 2.16. The predicted molar refractivity (Wildman–Crippen MR) is 73.3 cm³/mol. The molecule has 0 atom stereocenters. The third-order valence-corrected chi connectivity index (χ3v) is 2.54. The molecule has 3 aromatic rings. The fourth-order valence-corrected chi connectivity index (χ4v) is 1.68. The van der Waals surface area contributed by atoms with Gasteiger partial charge in [-0.15, -0.1) is 0 Å². The molecule has 0 nitrogen and oxygen atoms in total. The predicted octanol–water partition coefficient (Wildman–Crippen LogP) is 4.40. The first-order chi connectivity index (χ1) is 8.45. The van der Waals surface area contributed by atoms with Gasteiger partial charge in [0, 0.05) is 17.1 Å². The summed E-state index contributed by atoms with van der Waals surface area (Å²) >= 11 is 0. The molecule has 0 fully saturated rings. The summed E-state index contributed by atoms with van der Waals surface area (Å²) in [6.45, 7) is 0. The summed E-state index contributed by atoms with van der Waals surface area (Å²) in [5.74, 6) is 0. The summed E-state index contributed by atoms with van der Waals surface area (Å²) in [6.07, 6.45) is 1.05. The van der Waals surface area contributed by atoms with E-state index in [1.54, 1.807) is 0 Å². The van der Waals surface area contributed by atoms with Gasteiger partial charge < -0.3 is 30.3 Å². The van der Waals surface area contributed by atoms with E-state index in [2.05, 4.69) is 54.6 Å². The minimum atomic E-state index is 0. The second-order valence-corrected chi connectivity index (χ2v) is 3.92. The van der Waals surface area contributed by atoms with Gasteiger partial charge in [-0.25, -0.2) is 12.1 Å². The molecule has 0 aliphatic carbocycles. The number of benzene rings is 1. The average molecular weight is 276 g/mol. The second kappa shape index (κ2) is 8.52. The van der Waals surface area contributed by atoms with Gasteiger partial charge in [0.2, 0.25) is 0 Å². The third-order valence-electron chi connectivity index (χ3n) is 2.54. The van der Waals surface area contributed by atoms with Crippen LogP contribution in [0, 0.1) is 0 Å². The van der Waals surface area contributed by atoms with Crippen LogP contribution in [0.3, 0.4) is 0 Å². The zero-order valence-electron chi connectivity index (χ0n) is 10.1. The summed E-state index contributed by atoms with van der Waals surface area (Å²) in [7, 11) is 0. The van der Waals surface area contributed by atoms with Crippen molar-refractivity contribution in [3.63, 3.8) is 0 Å². The number of hydrogen-bond donors (Lipinski definition) is 0. The molecule has 0 saturated carbocycles. The standard InChI is InChI=1S/C12H11.C5H5.Fe/c1-2-6-11(7-3-1)10-12-8-4-5-9-12;1-2-4-5-3-1;/h1-9H,10H2;1-5H;/q-1;-5;. The van der Waals surface area contributed by atoms with Crippen LogP contribution in [0.4, 0.5) is 0 Å². The smallest absolute Gasteiger partial charge is 0 e. The quantitative estimate of drug-likeness (QED) is 0.480. The van der Waals surface area contributed by atoms with E-state index in [1.807, 2.05) is 30.3 Å². The monoisotopic (exact) mass is 276 g/mol. The van der Waals surface area contributed by atoms with Crippen LogP contribution < -0.4 is 0 Å². The molecule has 0 saturated heterocycles. The van der Waals surface area contributed by atoms with Crippen molar-refractivity contribution in [2.24, 2.45) is 0 Å². The molecule has 0 unspecified atom stereocenters. The van der Waals surface area contributed by atoms with E-state index in [0.29, 0.717) is 0 Å². The van der Waals surface area contributed by atoms with Gasteiger partial charge in [-0.1, -0.05) is 35.9 Å². The molecule has 0 heterocycles. The van der Waals surface area contributed by atoms with E-state index in [1.165, 1.54) is 11.1 Å². The zero-order valence-corrected chi connectivity index (χ0v) is 11.2. The van der Waals surface area contributed by atoms with Crippen LogP contribution >= 0.6 is 0 Å². The van der Waals surface area contributed by atoms with Gasteiger partial charge in [-0.05, 0) is 6.42 Å². The minimum Gasteiger partial charge on any atom is -0.748 e. The molecule has 3 aromatic carbocycles. The Morgan fingerprint density at radius 3 is 1.72 bits per heavy atom. The Hall–Kier alpha value is -1.56. The summed E-state index contributed by atoms with van der Waals surface area (Å²) < 4.78 is 0. The van der Waals surface area contributed by atoms with E-state index >= 15 is 0 Å². The molecular formula is C17H16Fe-6. The van der Waals surface area contributed by atoms with Crippen molar-refractivity contribution in [3.8, 4) is 0 Å². The van der Waals surface area contributed by atoms with Gasteiger partial charge in [-0.3, -0.25) is 0 Å². The van der Waals surface area contributed by atoms with Crippen LogP contribution in [0.15, 0.2) is 84.9 Å². The molecule has 0 N–H and O–H groups in total. The van der Waals surface area contributed by atoms with Gasteiger partial charge in [0.1, 0.15) is 0 Å². The van der Waals surface area contributed by atoms with Crippen molar-refractivity contribution in [2.45, 2.75) is 6.42 Å². The van der Waals surface area contributed by atoms with Crippen molar-refractivity contribution in [2.75, 3.05) is 0 Å². The summed E-state index contributed by atoms with van der Waals surface area (Å²) in [4.78, 5) is 0. The van der Waals surface area contributed by atoms with Gasteiger partial charge in [-0.2, -0.15) is 17.7 Å². The number of rotatable bonds is 2. The largest absolute Gasteiger partial charge is 0.748 e. The Labute approximate surface area is 119 Å². The van der Waals surface area contributed by atoms with Crippen LogP contribution in [-0.2, 0) is 23.5 Å². The summed E-state index contributed by atoms with van der Waals surface area (Å²) in [5, 5.41) is 0. The fraction of sp³-hybridized carbons (Fsp3) is 0.0588. The molecule has 3 rings (SSSR count). The zero-order chi connectivity index (χ0) is 11.8. The van der Waals surface area contributed by atoms with E-state index in [4.69, 9.17) is 0 Å². The first kappa shape index (κ1) is 14.5. The molecule has 18 heavy (non-hydrogen) atoms. The molecule has 0 amide bonds. The number of hydrogen-bond acceptors (Lipinski definition) is 0. The molecule has 0 radical (unpaired) electrons. The van der Waals surface area contributed by atoms with Crippen LogP contribution in [0.1, 0.15) is 11.1 Å². The van der Waals surface area contributed by atoms with Crippen molar-refractivity contribution < 1.29 is 17.1 Å². The van der Waals surface area contributed by atoms with Gasteiger partial charge in [0.25, 0.3) is 0 Å². The van der Waals surface area contributed by atoms with Crippen molar-refractivity contribution in [3.05, 3.63) is 96.1 Å². The Balaban J connectivity index is 0.000000230. The van der Waals surface area contributed by atoms with Crippen LogP contribution in [-0.4, -0.2) is 0 Å². The SMILES string of the molecule is [Fe].[cH-]1[cH-][cH-][cH-][cH-]1.c1ccc(C[c-]2cccc2)cc1. The van der Waals surface area contributed by atoms with Gasteiger partial charge >= 0.3 is 0 Å². The maximum Gasteiger partial charge on any atom is 0 e. The van der Waals surface area contributed by atoms with Gasteiger partial charge in [0.15, 0.2) is 0 Å². The topological polar surface area (TPSA) is 0 Å². The second-order valence-electron chi connectivity index (χ2n) is 3.92. The fourth-order valence-electron chi connectivity index (χ4n) is 1.68. The van der Waals surface area contributed by atoms with Crippen LogP contribution in [0.2, 0.25) is 0 Å².